The normalized spacial score (nSPS) is 26.9. The lowest BCUT2D eigenvalue weighted by atomic mass is 9.51. The minimum Gasteiger partial charge on any atom is -0.355 e. The monoisotopic (exact) mass is 505 g/mol. The molecule has 1 aromatic heterocycles. The first kappa shape index (κ1) is 23.5. The zero-order chi connectivity index (χ0) is 23.8. The number of carbonyl (C=O) groups is 1. The van der Waals surface area contributed by atoms with E-state index in [2.05, 4.69) is 46.5 Å². The summed E-state index contributed by atoms with van der Waals surface area (Å²) in [4.78, 5) is 22.1. The lowest BCUT2D eigenvalue weighted by Crippen LogP contribution is -2.46. The van der Waals surface area contributed by atoms with Gasteiger partial charge in [-0.3, -0.25) is 4.79 Å². The molecule has 0 unspecified atom stereocenters. The van der Waals surface area contributed by atoms with Crippen molar-refractivity contribution in [2.24, 2.45) is 29.6 Å². The first-order chi connectivity index (χ1) is 17.1. The van der Waals surface area contributed by atoms with Crippen LogP contribution in [0.1, 0.15) is 49.7 Å². The Morgan fingerprint density at radius 1 is 1.00 bits per heavy atom. The molecule has 1 amide bonds. The highest BCUT2D eigenvalue weighted by Gasteiger charge is 2.48. The molecule has 7 rings (SSSR count). The van der Waals surface area contributed by atoms with Crippen molar-refractivity contribution in [2.45, 2.75) is 61.3 Å². The molecule has 4 fully saturated rings. The summed E-state index contributed by atoms with van der Waals surface area (Å²) in [6.45, 7) is 2.95. The third kappa shape index (κ3) is 5.15. The van der Waals surface area contributed by atoms with E-state index in [0.29, 0.717) is 5.92 Å². The second-order valence-corrected chi connectivity index (χ2v) is 13.0. The molecule has 2 aromatic carbocycles. The fourth-order valence-corrected chi connectivity index (χ4v) is 9.02. The molecule has 1 heterocycles. The molecule has 0 radical (unpaired) electrons. The maximum absolute atomic E-state index is 12.7. The maximum Gasteiger partial charge on any atom is 0.220 e. The molecule has 4 aliphatic carbocycles. The van der Waals surface area contributed by atoms with E-state index in [4.69, 9.17) is 0 Å². The van der Waals surface area contributed by atoms with Crippen LogP contribution >= 0.6 is 23.5 Å². The van der Waals surface area contributed by atoms with E-state index in [9.17, 15) is 4.79 Å². The Kier molecular flexibility index (Phi) is 6.85. The van der Waals surface area contributed by atoms with E-state index in [1.54, 1.807) is 11.8 Å². The van der Waals surface area contributed by atoms with Crippen molar-refractivity contribution in [2.75, 3.05) is 12.3 Å². The summed E-state index contributed by atoms with van der Waals surface area (Å²) in [6, 6.07) is 14.7. The Morgan fingerprint density at radius 2 is 1.77 bits per heavy atom. The quantitative estimate of drug-likeness (QED) is 0.247. The summed E-state index contributed by atoms with van der Waals surface area (Å²) in [6.07, 6.45) is 7.81. The van der Waals surface area contributed by atoms with Crippen LogP contribution in [0.5, 0.6) is 0 Å². The number of fused-ring (bicyclic) bond motifs is 1. The molecule has 4 nitrogen and oxygen atoms in total. The van der Waals surface area contributed by atoms with Crippen LogP contribution in [-0.4, -0.2) is 28.2 Å². The van der Waals surface area contributed by atoms with Crippen LogP contribution in [0.2, 0.25) is 0 Å². The highest BCUT2D eigenvalue weighted by molar-refractivity contribution is 7.99. The van der Waals surface area contributed by atoms with Crippen LogP contribution in [0.25, 0.3) is 11.0 Å². The lowest BCUT2D eigenvalue weighted by molar-refractivity contribution is -0.126. The molecule has 35 heavy (non-hydrogen) atoms. The minimum absolute atomic E-state index is 0.274. The predicted molar refractivity (Wildman–Crippen MR) is 146 cm³/mol. The standard InChI is InChI=1S/C29H35N3OS2/c1-18-21(17-35-29-31-25-6-2-3-7-26(25)32-29)5-4-8-27(18)34-10-9-30-28(33)16-24-22-12-19-11-20(14-22)15-23(24)13-19/h2-8,19-20,22-24H,9-17H2,1H3,(H,30,33)(H,31,32). The zero-order valence-corrected chi connectivity index (χ0v) is 22.1. The summed E-state index contributed by atoms with van der Waals surface area (Å²) in [5, 5.41) is 4.19. The summed E-state index contributed by atoms with van der Waals surface area (Å²) < 4.78 is 0. The van der Waals surface area contributed by atoms with Crippen LogP contribution < -0.4 is 5.32 Å². The molecule has 6 heteroatoms. The molecule has 2 N–H and O–H groups in total. The van der Waals surface area contributed by atoms with E-state index in [1.165, 1.54) is 48.1 Å². The van der Waals surface area contributed by atoms with Crippen LogP contribution in [0.4, 0.5) is 0 Å². The third-order valence-corrected chi connectivity index (χ3v) is 10.7. The van der Waals surface area contributed by atoms with Crippen LogP contribution in [-0.2, 0) is 10.5 Å². The smallest absolute Gasteiger partial charge is 0.220 e. The number of thioether (sulfide) groups is 2. The van der Waals surface area contributed by atoms with Crippen molar-refractivity contribution >= 4 is 40.5 Å². The van der Waals surface area contributed by atoms with E-state index in [0.717, 1.165) is 64.3 Å². The Labute approximate surface area is 216 Å². The van der Waals surface area contributed by atoms with Crippen LogP contribution in [0.15, 0.2) is 52.5 Å². The average molecular weight is 506 g/mol. The summed E-state index contributed by atoms with van der Waals surface area (Å²) >= 11 is 3.60. The number of carbonyl (C=O) groups excluding carboxylic acids is 1. The van der Waals surface area contributed by atoms with Gasteiger partial charge >= 0.3 is 0 Å². The number of rotatable bonds is 9. The van der Waals surface area contributed by atoms with Gasteiger partial charge in [0.1, 0.15) is 0 Å². The molecule has 0 saturated heterocycles. The zero-order valence-electron chi connectivity index (χ0n) is 20.5. The van der Waals surface area contributed by atoms with E-state index >= 15 is 0 Å². The molecule has 0 atom stereocenters. The second-order valence-electron chi connectivity index (χ2n) is 10.9. The number of nitrogens with one attached hydrogen (secondary N) is 2. The largest absolute Gasteiger partial charge is 0.355 e. The van der Waals surface area contributed by atoms with E-state index in [1.807, 2.05) is 30.0 Å². The van der Waals surface area contributed by atoms with Gasteiger partial charge in [0.25, 0.3) is 0 Å². The fourth-order valence-electron chi connectivity index (χ4n) is 7.13. The van der Waals surface area contributed by atoms with Crippen LogP contribution in [0, 0.1) is 36.5 Å². The Morgan fingerprint density at radius 3 is 2.54 bits per heavy atom. The third-order valence-electron chi connectivity index (χ3n) is 8.65. The molecule has 0 spiro atoms. The Hall–Kier alpha value is -1.92. The molecule has 4 aliphatic rings. The van der Waals surface area contributed by atoms with Gasteiger partial charge in [-0.1, -0.05) is 36.0 Å². The van der Waals surface area contributed by atoms with Gasteiger partial charge in [-0.2, -0.15) is 0 Å². The summed E-state index contributed by atoms with van der Waals surface area (Å²) in [5.74, 6) is 6.34. The van der Waals surface area contributed by atoms with Crippen molar-refractivity contribution < 1.29 is 4.79 Å². The van der Waals surface area contributed by atoms with Gasteiger partial charge in [-0.25, -0.2) is 4.98 Å². The maximum atomic E-state index is 12.7. The summed E-state index contributed by atoms with van der Waals surface area (Å²) in [5.41, 5.74) is 4.77. The number of imidazole rings is 1. The molecular weight excluding hydrogens is 470 g/mol. The highest BCUT2D eigenvalue weighted by atomic mass is 32.2. The molecule has 4 saturated carbocycles. The SMILES string of the molecule is Cc1c(CSc2nc3ccccc3[nH]2)cccc1SCCNC(=O)CC1C2CC3CC(C2)CC1C3. The van der Waals surface area contributed by atoms with E-state index in [-0.39, 0.29) is 5.91 Å². The average Bonchev–Trinajstić information content (AvgIpc) is 3.27. The van der Waals surface area contributed by atoms with Gasteiger partial charge in [0.2, 0.25) is 5.91 Å². The first-order valence-corrected chi connectivity index (χ1v) is 15.1. The number of benzene rings is 2. The number of H-pyrrole nitrogens is 1. The van der Waals surface area contributed by atoms with Crippen molar-refractivity contribution in [3.05, 3.63) is 53.6 Å². The second kappa shape index (κ2) is 10.2. The molecular formula is C29H35N3OS2. The highest BCUT2D eigenvalue weighted by Crippen LogP contribution is 2.57. The molecule has 3 aromatic rings. The Balaban J connectivity index is 0.969. The molecule has 184 valence electrons. The predicted octanol–water partition coefficient (Wildman–Crippen LogP) is 6.83. The number of aromatic nitrogens is 2. The summed E-state index contributed by atoms with van der Waals surface area (Å²) in [7, 11) is 0. The van der Waals surface area contributed by atoms with Gasteiger partial charge in [-0.05, 0) is 97.9 Å². The minimum atomic E-state index is 0.274. The van der Waals surface area contributed by atoms with Gasteiger partial charge in [0, 0.05) is 29.4 Å². The fraction of sp³-hybridized carbons (Fsp3) is 0.517. The Bertz CT molecular complexity index is 1140. The van der Waals surface area contributed by atoms with Crippen LogP contribution in [0.3, 0.4) is 0 Å². The number of hydrogen-bond acceptors (Lipinski definition) is 4. The van der Waals surface area contributed by atoms with Crippen molar-refractivity contribution in [1.82, 2.24) is 15.3 Å². The van der Waals surface area contributed by atoms with Gasteiger partial charge in [-0.15, -0.1) is 11.8 Å². The number of hydrogen-bond donors (Lipinski definition) is 2. The van der Waals surface area contributed by atoms with Gasteiger partial charge in [0.15, 0.2) is 5.16 Å². The van der Waals surface area contributed by atoms with Crippen molar-refractivity contribution in [3.8, 4) is 0 Å². The van der Waals surface area contributed by atoms with Gasteiger partial charge in [0.05, 0.1) is 11.0 Å². The van der Waals surface area contributed by atoms with Crippen molar-refractivity contribution in [3.63, 3.8) is 0 Å². The molecule has 0 aliphatic heterocycles. The van der Waals surface area contributed by atoms with Crippen molar-refractivity contribution in [1.29, 1.82) is 0 Å². The first-order valence-electron chi connectivity index (χ1n) is 13.2. The number of para-hydroxylation sites is 2. The number of aromatic amines is 1. The number of nitrogens with zero attached hydrogens (tertiary/aromatic N) is 1. The van der Waals surface area contributed by atoms with E-state index < -0.39 is 0 Å². The van der Waals surface area contributed by atoms with Gasteiger partial charge < -0.3 is 10.3 Å². The number of amides is 1. The molecule has 4 bridgehead atoms. The topological polar surface area (TPSA) is 57.8 Å². The lowest BCUT2D eigenvalue weighted by Gasteiger charge is -2.54.